The van der Waals surface area contributed by atoms with Crippen LogP contribution in [0.4, 0.5) is 13.2 Å². The van der Waals surface area contributed by atoms with E-state index in [0.29, 0.717) is 6.54 Å². The van der Waals surface area contributed by atoms with Gasteiger partial charge < -0.3 is 10.1 Å². The van der Waals surface area contributed by atoms with Crippen LogP contribution in [-0.4, -0.2) is 19.3 Å². The van der Waals surface area contributed by atoms with Crippen LogP contribution in [0.2, 0.25) is 0 Å². The van der Waals surface area contributed by atoms with Crippen molar-refractivity contribution in [2.45, 2.75) is 32.4 Å². The van der Waals surface area contributed by atoms with Crippen LogP contribution < -0.4 is 5.32 Å². The fraction of sp³-hybridized carbons (Fsp3) is 0.500. The molecule has 0 saturated carbocycles. The predicted molar refractivity (Wildman–Crippen MR) is 59.5 cm³/mol. The second-order valence-electron chi connectivity index (χ2n) is 3.85. The molecular weight excluding hydrogens is 231 g/mol. The molecule has 5 heteroatoms. The summed E-state index contributed by atoms with van der Waals surface area (Å²) in [5.74, 6) is 0. The number of hydrogen-bond acceptors (Lipinski definition) is 2. The summed E-state index contributed by atoms with van der Waals surface area (Å²) >= 11 is 0. The quantitative estimate of drug-likeness (QED) is 0.863. The summed E-state index contributed by atoms with van der Waals surface area (Å²) < 4.78 is 41.4. The van der Waals surface area contributed by atoms with Crippen molar-refractivity contribution in [1.29, 1.82) is 0 Å². The molecule has 1 rings (SSSR count). The summed E-state index contributed by atoms with van der Waals surface area (Å²) in [5, 5.41) is 2.98. The summed E-state index contributed by atoms with van der Waals surface area (Å²) in [4.78, 5) is 0. The lowest BCUT2D eigenvalue weighted by molar-refractivity contribution is -0.217. The zero-order chi connectivity index (χ0) is 12.9. The molecule has 0 fully saturated rings. The van der Waals surface area contributed by atoms with E-state index in [-0.39, 0.29) is 6.61 Å². The fourth-order valence-electron chi connectivity index (χ4n) is 1.35. The molecular formula is C12H16F3NO. The third-order valence-corrected chi connectivity index (χ3v) is 2.33. The fourth-order valence-corrected chi connectivity index (χ4v) is 1.35. The molecule has 0 spiro atoms. The Labute approximate surface area is 98.8 Å². The van der Waals surface area contributed by atoms with E-state index in [2.05, 4.69) is 5.32 Å². The van der Waals surface area contributed by atoms with Crippen LogP contribution in [0, 0.1) is 0 Å². The summed E-state index contributed by atoms with van der Waals surface area (Å²) in [6.07, 6.45) is -6.04. The maximum Gasteiger partial charge on any atom is 0.414 e. The van der Waals surface area contributed by atoms with Crippen LogP contribution in [0.15, 0.2) is 24.3 Å². The molecule has 0 aliphatic rings. The Morgan fingerprint density at radius 1 is 1.29 bits per heavy atom. The molecule has 0 amide bonds. The Bertz CT molecular complexity index is 352. The van der Waals surface area contributed by atoms with E-state index < -0.39 is 12.3 Å². The summed E-state index contributed by atoms with van der Waals surface area (Å²) in [6, 6.07) is 7.30. The first-order valence-corrected chi connectivity index (χ1v) is 5.34. The van der Waals surface area contributed by atoms with Gasteiger partial charge in [-0.15, -0.1) is 0 Å². The molecule has 0 aliphatic heterocycles. The second-order valence-corrected chi connectivity index (χ2v) is 3.85. The van der Waals surface area contributed by atoms with Crippen molar-refractivity contribution in [3.63, 3.8) is 0 Å². The maximum absolute atomic E-state index is 12.2. The van der Waals surface area contributed by atoms with Crippen molar-refractivity contribution in [2.24, 2.45) is 0 Å². The molecule has 0 heterocycles. The predicted octanol–water partition coefficient (Wildman–Crippen LogP) is 2.87. The highest BCUT2D eigenvalue weighted by molar-refractivity contribution is 5.22. The number of rotatable bonds is 5. The molecule has 1 unspecified atom stereocenters. The molecule has 1 atom stereocenters. The Hall–Kier alpha value is -1.07. The zero-order valence-corrected chi connectivity index (χ0v) is 9.84. The van der Waals surface area contributed by atoms with Gasteiger partial charge in [0.25, 0.3) is 0 Å². The molecule has 2 nitrogen and oxygen atoms in total. The van der Waals surface area contributed by atoms with Gasteiger partial charge in [0.2, 0.25) is 0 Å². The largest absolute Gasteiger partial charge is 0.414 e. The minimum absolute atomic E-state index is 0.0295. The van der Waals surface area contributed by atoms with Gasteiger partial charge in [0.05, 0.1) is 6.61 Å². The van der Waals surface area contributed by atoms with Crippen LogP contribution >= 0.6 is 0 Å². The van der Waals surface area contributed by atoms with Crippen molar-refractivity contribution < 1.29 is 17.9 Å². The van der Waals surface area contributed by atoms with Crippen molar-refractivity contribution >= 4 is 0 Å². The number of hydrogen-bond donors (Lipinski definition) is 1. The van der Waals surface area contributed by atoms with Crippen molar-refractivity contribution in [1.82, 2.24) is 5.32 Å². The van der Waals surface area contributed by atoms with E-state index in [0.717, 1.165) is 18.1 Å². The summed E-state index contributed by atoms with van der Waals surface area (Å²) in [6.45, 7) is 1.67. The van der Waals surface area contributed by atoms with Gasteiger partial charge in [0.15, 0.2) is 6.10 Å². The number of ether oxygens (including phenoxy) is 1. The minimum atomic E-state index is -4.30. The van der Waals surface area contributed by atoms with Gasteiger partial charge in [0.1, 0.15) is 0 Å². The Morgan fingerprint density at radius 3 is 2.53 bits per heavy atom. The first-order chi connectivity index (χ1) is 7.93. The molecule has 1 N–H and O–H groups in total. The third kappa shape index (κ3) is 4.75. The molecule has 1 aromatic carbocycles. The van der Waals surface area contributed by atoms with E-state index in [1.54, 1.807) is 6.07 Å². The van der Waals surface area contributed by atoms with Gasteiger partial charge >= 0.3 is 6.18 Å². The molecule has 17 heavy (non-hydrogen) atoms. The van der Waals surface area contributed by atoms with E-state index in [1.165, 1.54) is 0 Å². The normalized spacial score (nSPS) is 13.7. The highest BCUT2D eigenvalue weighted by Gasteiger charge is 2.36. The molecule has 0 bridgehead atoms. The average Bonchev–Trinajstić information content (AvgIpc) is 2.25. The smallest absolute Gasteiger partial charge is 0.364 e. The molecule has 0 aromatic heterocycles. The molecule has 0 saturated heterocycles. The number of nitrogens with one attached hydrogen (secondary N) is 1. The van der Waals surface area contributed by atoms with Gasteiger partial charge in [-0.05, 0) is 25.1 Å². The number of alkyl halides is 3. The SMILES string of the molecule is CNCc1cccc(COC(C)C(F)(F)F)c1. The average molecular weight is 247 g/mol. The topological polar surface area (TPSA) is 21.3 Å². The van der Waals surface area contributed by atoms with Gasteiger partial charge in [-0.1, -0.05) is 24.3 Å². The van der Waals surface area contributed by atoms with Gasteiger partial charge in [0, 0.05) is 6.54 Å². The van der Waals surface area contributed by atoms with Crippen LogP contribution in [0.3, 0.4) is 0 Å². The van der Waals surface area contributed by atoms with Gasteiger partial charge in [-0.2, -0.15) is 13.2 Å². The Morgan fingerprint density at radius 2 is 1.94 bits per heavy atom. The Kier molecular flexibility index (Phi) is 4.96. The summed E-state index contributed by atoms with van der Waals surface area (Å²) in [5.41, 5.74) is 1.77. The van der Waals surface area contributed by atoms with Crippen LogP contribution in [-0.2, 0) is 17.9 Å². The van der Waals surface area contributed by atoms with E-state index >= 15 is 0 Å². The molecule has 0 aliphatic carbocycles. The van der Waals surface area contributed by atoms with E-state index in [4.69, 9.17) is 4.74 Å². The molecule has 1 aromatic rings. The van der Waals surface area contributed by atoms with Crippen LogP contribution in [0.5, 0.6) is 0 Å². The van der Waals surface area contributed by atoms with Gasteiger partial charge in [-0.25, -0.2) is 0 Å². The standard InChI is InChI=1S/C12H16F3NO/c1-9(12(13,14)15)17-8-11-5-3-4-10(6-11)7-16-2/h3-6,9,16H,7-8H2,1-2H3. The lowest BCUT2D eigenvalue weighted by Gasteiger charge is -2.16. The second kappa shape index (κ2) is 6.02. The van der Waals surface area contributed by atoms with Crippen molar-refractivity contribution in [3.8, 4) is 0 Å². The highest BCUT2D eigenvalue weighted by atomic mass is 19.4. The number of benzene rings is 1. The minimum Gasteiger partial charge on any atom is -0.364 e. The maximum atomic E-state index is 12.2. The Balaban J connectivity index is 2.54. The van der Waals surface area contributed by atoms with Crippen molar-refractivity contribution in [3.05, 3.63) is 35.4 Å². The molecule has 96 valence electrons. The number of halogens is 3. The van der Waals surface area contributed by atoms with Crippen LogP contribution in [0.25, 0.3) is 0 Å². The first-order valence-electron chi connectivity index (χ1n) is 5.34. The monoisotopic (exact) mass is 247 g/mol. The zero-order valence-electron chi connectivity index (χ0n) is 9.84. The van der Waals surface area contributed by atoms with Crippen LogP contribution in [0.1, 0.15) is 18.1 Å². The molecule has 0 radical (unpaired) electrons. The third-order valence-electron chi connectivity index (χ3n) is 2.33. The first kappa shape index (κ1) is 14.0. The lowest BCUT2D eigenvalue weighted by Crippen LogP contribution is -2.28. The highest BCUT2D eigenvalue weighted by Crippen LogP contribution is 2.23. The van der Waals surface area contributed by atoms with E-state index in [9.17, 15) is 13.2 Å². The van der Waals surface area contributed by atoms with E-state index in [1.807, 2.05) is 25.2 Å². The van der Waals surface area contributed by atoms with Crippen molar-refractivity contribution in [2.75, 3.05) is 7.05 Å². The summed E-state index contributed by atoms with van der Waals surface area (Å²) in [7, 11) is 1.81. The lowest BCUT2D eigenvalue weighted by atomic mass is 10.1. The van der Waals surface area contributed by atoms with Gasteiger partial charge in [-0.3, -0.25) is 0 Å².